The van der Waals surface area contributed by atoms with Crippen LogP contribution >= 0.6 is 22.9 Å². The molecule has 4 rings (SSSR count). The molecule has 0 radical (unpaired) electrons. The van der Waals surface area contributed by atoms with E-state index < -0.39 is 10.0 Å². The van der Waals surface area contributed by atoms with Gasteiger partial charge in [-0.3, -0.25) is 4.40 Å². The van der Waals surface area contributed by atoms with Crippen molar-refractivity contribution in [2.24, 2.45) is 5.73 Å². The number of fused-ring (bicyclic) bond motifs is 2. The van der Waals surface area contributed by atoms with Gasteiger partial charge in [-0.05, 0) is 25.0 Å². The van der Waals surface area contributed by atoms with E-state index in [-0.39, 0.29) is 16.2 Å². The molecule has 0 fully saturated rings. The second kappa shape index (κ2) is 5.84. The van der Waals surface area contributed by atoms with E-state index in [1.165, 1.54) is 19.7 Å². The predicted octanol–water partition coefficient (Wildman–Crippen LogP) is 3.13. The first-order chi connectivity index (χ1) is 11.9. The number of nitrogens with two attached hydrogens (primary N) is 1. The van der Waals surface area contributed by atoms with Crippen LogP contribution in [0.4, 0.5) is 0 Å². The number of halogens is 1. The number of benzene rings is 1. The van der Waals surface area contributed by atoms with Gasteiger partial charge in [0.05, 0.1) is 5.52 Å². The number of aromatic nitrogens is 3. The van der Waals surface area contributed by atoms with Crippen LogP contribution in [0.15, 0.2) is 47.1 Å². The van der Waals surface area contributed by atoms with Gasteiger partial charge < -0.3 is 5.73 Å². The molecule has 3 heterocycles. The zero-order valence-electron chi connectivity index (χ0n) is 13.3. The van der Waals surface area contributed by atoms with Gasteiger partial charge in [0.25, 0.3) is 10.0 Å². The van der Waals surface area contributed by atoms with Gasteiger partial charge in [-0.25, -0.2) is 8.96 Å². The van der Waals surface area contributed by atoms with Gasteiger partial charge in [0, 0.05) is 29.2 Å². The topological polar surface area (TPSA) is 82.4 Å². The summed E-state index contributed by atoms with van der Waals surface area (Å²) >= 11 is 7.48. The molecule has 0 unspecified atom stereocenters. The average molecular weight is 395 g/mol. The first kappa shape index (κ1) is 16.6. The van der Waals surface area contributed by atoms with Crippen LogP contribution in [-0.2, 0) is 16.4 Å². The summed E-state index contributed by atoms with van der Waals surface area (Å²) in [6.45, 7) is 1.89. The fourth-order valence-electron chi connectivity index (χ4n) is 2.99. The van der Waals surface area contributed by atoms with Crippen molar-refractivity contribution < 1.29 is 8.42 Å². The fourth-order valence-corrected chi connectivity index (χ4v) is 5.80. The van der Waals surface area contributed by atoms with Gasteiger partial charge in [-0.15, -0.1) is 11.3 Å². The molecule has 6 nitrogen and oxygen atoms in total. The zero-order chi connectivity index (χ0) is 17.8. The van der Waals surface area contributed by atoms with E-state index in [1.54, 1.807) is 23.8 Å². The van der Waals surface area contributed by atoms with Gasteiger partial charge in [0.15, 0.2) is 10.1 Å². The monoisotopic (exact) mass is 394 g/mol. The van der Waals surface area contributed by atoms with Crippen LogP contribution in [-0.4, -0.2) is 27.8 Å². The van der Waals surface area contributed by atoms with E-state index >= 15 is 0 Å². The molecular formula is C16H15ClN4O2S2. The first-order valence-electron chi connectivity index (χ1n) is 7.61. The first-order valence-corrected chi connectivity index (χ1v) is 10.3. The Labute approximate surface area is 153 Å². The molecule has 3 aromatic heterocycles. The number of hydrogen-bond donors (Lipinski definition) is 1. The summed E-state index contributed by atoms with van der Waals surface area (Å²) in [5, 5.41) is 2.58. The third-order valence-electron chi connectivity index (χ3n) is 3.98. The van der Waals surface area contributed by atoms with E-state index in [2.05, 4.69) is 4.98 Å². The molecule has 0 spiro atoms. The van der Waals surface area contributed by atoms with Crippen LogP contribution in [0.1, 0.15) is 12.5 Å². The van der Waals surface area contributed by atoms with Crippen LogP contribution in [0.2, 0.25) is 5.15 Å². The summed E-state index contributed by atoms with van der Waals surface area (Å²) in [6.07, 6.45) is 3.86. The summed E-state index contributed by atoms with van der Waals surface area (Å²) in [4.78, 5) is 4.67. The van der Waals surface area contributed by atoms with Gasteiger partial charge in [-0.2, -0.15) is 8.42 Å². The predicted molar refractivity (Wildman–Crippen MR) is 100.0 cm³/mol. The molecule has 0 aliphatic heterocycles. The Morgan fingerprint density at radius 3 is 2.88 bits per heavy atom. The van der Waals surface area contributed by atoms with E-state index in [0.717, 1.165) is 10.9 Å². The van der Waals surface area contributed by atoms with E-state index in [1.807, 2.05) is 25.1 Å². The van der Waals surface area contributed by atoms with Gasteiger partial charge in [0.1, 0.15) is 0 Å². The average Bonchev–Trinajstić information content (AvgIpc) is 3.20. The van der Waals surface area contributed by atoms with Crippen LogP contribution in [0.3, 0.4) is 0 Å². The van der Waals surface area contributed by atoms with Crippen molar-refractivity contribution in [3.8, 4) is 0 Å². The third kappa shape index (κ3) is 2.56. The smallest absolute Gasteiger partial charge is 0.287 e. The number of nitrogens with zero attached hydrogens (tertiary/aromatic N) is 3. The molecule has 0 amide bonds. The highest BCUT2D eigenvalue weighted by molar-refractivity contribution is 7.90. The van der Waals surface area contributed by atoms with Crippen molar-refractivity contribution in [3.63, 3.8) is 0 Å². The molecule has 0 aliphatic rings. The summed E-state index contributed by atoms with van der Waals surface area (Å²) in [5.41, 5.74) is 7.40. The van der Waals surface area contributed by atoms with Gasteiger partial charge >= 0.3 is 0 Å². The van der Waals surface area contributed by atoms with Crippen LogP contribution in [0, 0.1) is 0 Å². The van der Waals surface area contributed by atoms with Crippen LogP contribution in [0.5, 0.6) is 0 Å². The number of rotatable bonds is 4. The Hall–Kier alpha value is -1.87. The number of hydrogen-bond acceptors (Lipinski definition) is 5. The molecule has 2 N–H and O–H groups in total. The maximum Gasteiger partial charge on any atom is 0.287 e. The molecule has 1 aromatic carbocycles. The minimum atomic E-state index is -3.91. The Bertz CT molecular complexity index is 1190. The van der Waals surface area contributed by atoms with E-state index in [9.17, 15) is 8.42 Å². The maximum atomic E-state index is 13.3. The molecule has 25 heavy (non-hydrogen) atoms. The largest absolute Gasteiger partial charge is 0.328 e. The minimum Gasteiger partial charge on any atom is -0.328 e. The molecule has 4 aromatic rings. The van der Waals surface area contributed by atoms with Crippen molar-refractivity contribution in [1.29, 1.82) is 0 Å². The van der Waals surface area contributed by atoms with Gasteiger partial charge in [-0.1, -0.05) is 29.8 Å². The lowest BCUT2D eigenvalue weighted by atomic mass is 10.1. The van der Waals surface area contributed by atoms with Crippen molar-refractivity contribution in [2.75, 3.05) is 0 Å². The van der Waals surface area contributed by atoms with E-state index in [4.69, 9.17) is 17.3 Å². The number of imidazole rings is 1. The highest BCUT2D eigenvalue weighted by Gasteiger charge is 2.28. The quantitative estimate of drug-likeness (QED) is 0.576. The standard InChI is InChI=1S/C16H15ClN4O2S2/c1-10(18)8-11-9-21(13-5-3-2-4-12(11)13)25(22,23)15-14(17)19-16-20(15)6-7-24-16/h2-7,9-10H,8,18H2,1H3/t10-/m1/s1. The Morgan fingerprint density at radius 1 is 1.36 bits per heavy atom. The highest BCUT2D eigenvalue weighted by Crippen LogP contribution is 2.31. The lowest BCUT2D eigenvalue weighted by molar-refractivity contribution is 0.584. The summed E-state index contributed by atoms with van der Waals surface area (Å²) in [7, 11) is -3.91. The molecule has 0 saturated carbocycles. The number of thiazole rings is 1. The summed E-state index contributed by atoms with van der Waals surface area (Å²) in [6, 6.07) is 7.29. The summed E-state index contributed by atoms with van der Waals surface area (Å²) < 4.78 is 29.4. The van der Waals surface area contributed by atoms with Crippen molar-refractivity contribution in [2.45, 2.75) is 24.4 Å². The summed E-state index contributed by atoms with van der Waals surface area (Å²) in [5.74, 6) is 0. The Morgan fingerprint density at radius 2 is 2.12 bits per heavy atom. The van der Waals surface area contributed by atoms with Gasteiger partial charge in [0.2, 0.25) is 5.03 Å². The minimum absolute atomic E-state index is 0.0292. The van der Waals surface area contributed by atoms with Crippen molar-refractivity contribution >= 4 is 48.8 Å². The van der Waals surface area contributed by atoms with E-state index in [0.29, 0.717) is 16.9 Å². The lowest BCUT2D eigenvalue weighted by Gasteiger charge is -2.07. The number of para-hydroxylation sites is 1. The molecule has 0 saturated heterocycles. The Kier molecular flexibility index (Phi) is 3.88. The fraction of sp³-hybridized carbons (Fsp3) is 0.188. The van der Waals surface area contributed by atoms with Crippen molar-refractivity contribution in [3.05, 3.63) is 52.8 Å². The normalized spacial score (nSPS) is 13.7. The second-order valence-corrected chi connectivity index (χ2v) is 8.88. The molecule has 0 bridgehead atoms. The Balaban J connectivity index is 2.00. The van der Waals surface area contributed by atoms with Crippen LogP contribution in [0.25, 0.3) is 15.9 Å². The SMILES string of the molecule is C[C@@H](N)Cc1cn(S(=O)(=O)c2c(Cl)nc3sccn23)c2ccccc12. The molecule has 1 atom stereocenters. The molecule has 0 aliphatic carbocycles. The second-order valence-electron chi connectivity index (χ2n) is 5.92. The maximum absolute atomic E-state index is 13.3. The van der Waals surface area contributed by atoms with Crippen molar-refractivity contribution in [1.82, 2.24) is 13.4 Å². The highest BCUT2D eigenvalue weighted by atomic mass is 35.5. The third-order valence-corrected chi connectivity index (χ3v) is 6.82. The molecular weight excluding hydrogens is 380 g/mol. The zero-order valence-corrected chi connectivity index (χ0v) is 15.6. The lowest BCUT2D eigenvalue weighted by Crippen LogP contribution is -2.18. The van der Waals surface area contributed by atoms with Crippen LogP contribution < -0.4 is 5.73 Å². The molecule has 9 heteroatoms. The molecule has 130 valence electrons.